The molecule has 0 N–H and O–H groups in total. The van der Waals surface area contributed by atoms with E-state index in [4.69, 9.17) is 23.2 Å². The van der Waals surface area contributed by atoms with E-state index >= 15 is 0 Å². The van der Waals surface area contributed by atoms with Gasteiger partial charge in [0.1, 0.15) is 5.82 Å². The van der Waals surface area contributed by atoms with Crippen molar-refractivity contribution in [2.75, 3.05) is 0 Å². The molecule has 3 aromatic rings. The van der Waals surface area contributed by atoms with Crippen LogP contribution in [-0.4, -0.2) is 15.8 Å². The lowest BCUT2D eigenvalue weighted by Crippen LogP contribution is -2.30. The molecule has 132 valence electrons. The second kappa shape index (κ2) is 8.30. The molecule has 1 amide bonds. The number of hydrogen-bond acceptors (Lipinski definition) is 2. The van der Waals surface area contributed by atoms with Gasteiger partial charge in [-0.2, -0.15) is 0 Å². The fraction of sp³-hybridized carbons (Fsp3) is 0.100. The number of pyridine rings is 1. The lowest BCUT2D eigenvalue weighted by molar-refractivity contribution is 0.0727. The van der Waals surface area contributed by atoms with Gasteiger partial charge in [-0.15, -0.1) is 0 Å². The van der Waals surface area contributed by atoms with E-state index in [0.29, 0.717) is 10.0 Å². The number of carbonyl (C=O) groups is 1. The molecular formula is C20H15Cl2FN2O. The zero-order chi connectivity index (χ0) is 18.5. The van der Waals surface area contributed by atoms with Gasteiger partial charge in [0.25, 0.3) is 5.91 Å². The van der Waals surface area contributed by atoms with Crippen molar-refractivity contribution in [1.29, 1.82) is 0 Å². The van der Waals surface area contributed by atoms with E-state index in [2.05, 4.69) is 4.98 Å². The molecule has 0 radical (unpaired) electrons. The third-order valence-corrected chi connectivity index (χ3v) is 4.40. The number of rotatable bonds is 5. The summed E-state index contributed by atoms with van der Waals surface area (Å²) >= 11 is 12.2. The number of aromatic nitrogens is 1. The molecule has 1 aromatic heterocycles. The van der Waals surface area contributed by atoms with Crippen LogP contribution in [0.2, 0.25) is 10.0 Å². The molecule has 0 atom stereocenters. The Bertz CT molecular complexity index is 919. The van der Waals surface area contributed by atoms with Gasteiger partial charge in [0.05, 0.1) is 12.2 Å². The molecule has 3 rings (SSSR count). The predicted octanol–water partition coefficient (Wildman–Crippen LogP) is 5.37. The summed E-state index contributed by atoms with van der Waals surface area (Å²) < 4.78 is 13.5. The van der Waals surface area contributed by atoms with Crippen molar-refractivity contribution in [2.24, 2.45) is 0 Å². The first-order chi connectivity index (χ1) is 12.5. The Labute approximate surface area is 161 Å². The molecule has 3 nitrogen and oxygen atoms in total. The number of carbonyl (C=O) groups excluding carboxylic acids is 1. The minimum atomic E-state index is -0.460. The molecule has 0 unspecified atom stereocenters. The van der Waals surface area contributed by atoms with Gasteiger partial charge in [0.15, 0.2) is 0 Å². The van der Waals surface area contributed by atoms with Crippen LogP contribution in [0.5, 0.6) is 0 Å². The summed E-state index contributed by atoms with van der Waals surface area (Å²) in [5.41, 5.74) is 1.74. The Morgan fingerprint density at radius 3 is 2.54 bits per heavy atom. The van der Waals surface area contributed by atoms with E-state index in [0.717, 1.165) is 11.3 Å². The largest absolute Gasteiger partial charge is 0.328 e. The monoisotopic (exact) mass is 388 g/mol. The summed E-state index contributed by atoms with van der Waals surface area (Å²) in [5, 5.41) is 0.988. The van der Waals surface area contributed by atoms with E-state index in [1.807, 2.05) is 12.1 Å². The second-order valence-electron chi connectivity index (χ2n) is 5.73. The highest BCUT2D eigenvalue weighted by Gasteiger charge is 2.19. The summed E-state index contributed by atoms with van der Waals surface area (Å²) in [6, 6.07) is 16.2. The maximum atomic E-state index is 13.5. The first-order valence-corrected chi connectivity index (χ1v) is 8.67. The van der Waals surface area contributed by atoms with E-state index < -0.39 is 5.82 Å². The maximum absolute atomic E-state index is 13.5. The van der Waals surface area contributed by atoms with Crippen LogP contribution in [0, 0.1) is 5.82 Å². The highest BCUT2D eigenvalue weighted by Crippen LogP contribution is 2.23. The number of halogens is 3. The van der Waals surface area contributed by atoms with E-state index in [1.165, 1.54) is 18.2 Å². The minimum Gasteiger partial charge on any atom is -0.328 e. The van der Waals surface area contributed by atoms with Gasteiger partial charge in [0.2, 0.25) is 0 Å². The van der Waals surface area contributed by atoms with Gasteiger partial charge < -0.3 is 4.90 Å². The van der Waals surface area contributed by atoms with Crippen molar-refractivity contribution >= 4 is 29.1 Å². The van der Waals surface area contributed by atoms with E-state index in [1.54, 1.807) is 41.4 Å². The van der Waals surface area contributed by atoms with E-state index in [9.17, 15) is 9.18 Å². The number of hydrogen-bond donors (Lipinski definition) is 0. The van der Waals surface area contributed by atoms with Crippen molar-refractivity contribution in [2.45, 2.75) is 13.1 Å². The number of amides is 1. The zero-order valence-electron chi connectivity index (χ0n) is 13.7. The lowest BCUT2D eigenvalue weighted by Gasteiger charge is -2.23. The molecule has 0 fully saturated rings. The molecule has 1 heterocycles. The summed E-state index contributed by atoms with van der Waals surface area (Å²) in [6.45, 7) is 0.525. The summed E-state index contributed by atoms with van der Waals surface area (Å²) in [6.07, 6.45) is 1.66. The average Bonchev–Trinajstić information content (AvgIpc) is 2.63. The van der Waals surface area contributed by atoms with Gasteiger partial charge in [0, 0.05) is 28.4 Å². The SMILES string of the molecule is O=C(c1cccc(F)c1)N(Cc1ccccn1)Cc1ccc(Cl)cc1Cl. The van der Waals surface area contributed by atoms with Crippen molar-refractivity contribution in [1.82, 2.24) is 9.88 Å². The average molecular weight is 389 g/mol. The molecule has 0 aliphatic carbocycles. The van der Waals surface area contributed by atoms with Crippen LogP contribution in [-0.2, 0) is 13.1 Å². The molecule has 0 aliphatic heterocycles. The fourth-order valence-electron chi connectivity index (χ4n) is 2.55. The fourth-order valence-corrected chi connectivity index (χ4v) is 3.01. The predicted molar refractivity (Wildman–Crippen MR) is 101 cm³/mol. The van der Waals surface area contributed by atoms with Crippen LogP contribution < -0.4 is 0 Å². The summed E-state index contributed by atoms with van der Waals surface area (Å²) in [7, 11) is 0. The Morgan fingerprint density at radius 1 is 1.00 bits per heavy atom. The van der Waals surface area contributed by atoms with Gasteiger partial charge in [-0.05, 0) is 48.0 Å². The molecule has 6 heteroatoms. The summed E-state index contributed by atoms with van der Waals surface area (Å²) in [5.74, 6) is -0.765. The number of nitrogens with zero attached hydrogens (tertiary/aromatic N) is 2. The van der Waals surface area contributed by atoms with Crippen LogP contribution in [0.1, 0.15) is 21.6 Å². The van der Waals surface area contributed by atoms with Crippen molar-refractivity contribution in [3.63, 3.8) is 0 Å². The van der Waals surface area contributed by atoms with Gasteiger partial charge >= 0.3 is 0 Å². The lowest BCUT2D eigenvalue weighted by atomic mass is 10.1. The first-order valence-electron chi connectivity index (χ1n) is 7.91. The van der Waals surface area contributed by atoms with Crippen LogP contribution in [0.4, 0.5) is 4.39 Å². The van der Waals surface area contributed by atoms with Crippen LogP contribution in [0.15, 0.2) is 66.9 Å². The third-order valence-electron chi connectivity index (χ3n) is 3.81. The Balaban J connectivity index is 1.91. The molecule has 0 aliphatic rings. The molecule has 0 spiro atoms. The minimum absolute atomic E-state index is 0.252. The molecule has 0 saturated heterocycles. The highest BCUT2D eigenvalue weighted by atomic mass is 35.5. The molecule has 0 saturated carbocycles. The molecule has 2 aromatic carbocycles. The topological polar surface area (TPSA) is 33.2 Å². The van der Waals surface area contributed by atoms with Crippen LogP contribution in [0.3, 0.4) is 0 Å². The van der Waals surface area contributed by atoms with Gasteiger partial charge in [-0.3, -0.25) is 9.78 Å². The standard InChI is InChI=1S/C20H15Cl2FN2O/c21-16-8-7-15(19(22)11-16)12-25(13-18-6-1-2-9-24-18)20(26)14-4-3-5-17(23)10-14/h1-11H,12-13H2. The summed E-state index contributed by atoms with van der Waals surface area (Å²) in [4.78, 5) is 18.8. The van der Waals surface area contributed by atoms with Crippen molar-refractivity contribution in [3.05, 3.63) is 99.5 Å². The first kappa shape index (κ1) is 18.4. The second-order valence-corrected chi connectivity index (χ2v) is 6.57. The Hall–Kier alpha value is -2.43. The zero-order valence-corrected chi connectivity index (χ0v) is 15.2. The highest BCUT2D eigenvalue weighted by molar-refractivity contribution is 6.35. The molecule has 0 bridgehead atoms. The van der Waals surface area contributed by atoms with Crippen molar-refractivity contribution in [3.8, 4) is 0 Å². The van der Waals surface area contributed by atoms with Crippen LogP contribution >= 0.6 is 23.2 Å². The Morgan fingerprint density at radius 2 is 1.85 bits per heavy atom. The third kappa shape index (κ3) is 4.59. The quantitative estimate of drug-likeness (QED) is 0.588. The van der Waals surface area contributed by atoms with Gasteiger partial charge in [-0.1, -0.05) is 41.4 Å². The molecule has 26 heavy (non-hydrogen) atoms. The van der Waals surface area contributed by atoms with E-state index in [-0.39, 0.29) is 24.6 Å². The Kier molecular flexibility index (Phi) is 5.86. The van der Waals surface area contributed by atoms with Crippen molar-refractivity contribution < 1.29 is 9.18 Å². The van der Waals surface area contributed by atoms with Crippen LogP contribution in [0.25, 0.3) is 0 Å². The maximum Gasteiger partial charge on any atom is 0.254 e. The number of benzene rings is 2. The molecular weight excluding hydrogens is 374 g/mol. The van der Waals surface area contributed by atoms with Gasteiger partial charge in [-0.25, -0.2) is 4.39 Å². The smallest absolute Gasteiger partial charge is 0.254 e. The normalized spacial score (nSPS) is 10.6.